The summed E-state index contributed by atoms with van der Waals surface area (Å²) in [5.74, 6) is -0.925. The lowest BCUT2D eigenvalue weighted by Gasteiger charge is -2.18. The third-order valence-corrected chi connectivity index (χ3v) is 10.2. The van der Waals surface area contributed by atoms with Crippen LogP contribution in [0.15, 0.2) is 72.9 Å². The van der Waals surface area contributed by atoms with Crippen molar-refractivity contribution in [2.75, 3.05) is 13.2 Å². The summed E-state index contributed by atoms with van der Waals surface area (Å²) in [5, 5.41) is 0. The predicted octanol–water partition coefficient (Wildman–Crippen LogP) is 15.9. The second-order valence-corrected chi connectivity index (χ2v) is 16.0. The Morgan fingerprint density at radius 3 is 1.05 bits per heavy atom. The molecule has 0 aliphatic heterocycles. The van der Waals surface area contributed by atoms with Crippen LogP contribution in [0, 0.1) is 0 Å². The van der Waals surface area contributed by atoms with Crippen LogP contribution in [0.1, 0.15) is 226 Å². The summed E-state index contributed by atoms with van der Waals surface area (Å²) < 4.78 is 16.6. The third kappa shape index (κ3) is 45.8. The highest BCUT2D eigenvalue weighted by molar-refractivity contribution is 5.71. The maximum atomic E-state index is 12.7. The minimum absolute atomic E-state index is 0.0855. The fraction of sp³-hybridized carbons (Fsp3) is 0.717. The second kappa shape index (κ2) is 47.5. The fourth-order valence-electron chi connectivity index (χ4n) is 6.52. The number of allylic oxidation sites excluding steroid dienone is 12. The summed E-state index contributed by atoms with van der Waals surface area (Å²) in [4.78, 5) is 37.7. The molecule has 0 amide bonds. The maximum absolute atomic E-state index is 12.7. The van der Waals surface area contributed by atoms with Crippen molar-refractivity contribution in [3.05, 3.63) is 72.9 Å². The lowest BCUT2D eigenvalue weighted by Crippen LogP contribution is -2.30. The Bertz CT molecular complexity index is 1130. The molecule has 0 aromatic carbocycles. The number of unbranched alkanes of at least 4 members (excludes halogenated alkanes) is 20. The Morgan fingerprint density at radius 1 is 0.356 bits per heavy atom. The van der Waals surface area contributed by atoms with Crippen LogP contribution in [0.5, 0.6) is 0 Å². The number of hydrogen-bond acceptors (Lipinski definition) is 6. The van der Waals surface area contributed by atoms with Gasteiger partial charge in [-0.2, -0.15) is 0 Å². The molecular weight excluding hydrogens is 733 g/mol. The molecule has 0 aliphatic carbocycles. The molecule has 0 spiro atoms. The number of rotatable bonds is 43. The second-order valence-electron chi connectivity index (χ2n) is 16.0. The van der Waals surface area contributed by atoms with Crippen LogP contribution >= 0.6 is 0 Å². The maximum Gasteiger partial charge on any atom is 0.306 e. The molecule has 6 nitrogen and oxygen atoms in total. The smallest absolute Gasteiger partial charge is 0.306 e. The van der Waals surface area contributed by atoms with Gasteiger partial charge in [-0.25, -0.2) is 0 Å². The van der Waals surface area contributed by atoms with Crippen molar-refractivity contribution in [2.45, 2.75) is 232 Å². The van der Waals surface area contributed by atoms with E-state index in [-0.39, 0.29) is 31.1 Å². The molecule has 0 bridgehead atoms. The van der Waals surface area contributed by atoms with E-state index in [1.807, 2.05) is 0 Å². The van der Waals surface area contributed by atoms with Gasteiger partial charge < -0.3 is 14.2 Å². The van der Waals surface area contributed by atoms with Crippen LogP contribution in [0.4, 0.5) is 0 Å². The minimum Gasteiger partial charge on any atom is -0.462 e. The van der Waals surface area contributed by atoms with Crippen molar-refractivity contribution in [3.63, 3.8) is 0 Å². The average Bonchev–Trinajstić information content (AvgIpc) is 3.23. The normalized spacial score (nSPS) is 12.7. The van der Waals surface area contributed by atoms with Crippen molar-refractivity contribution in [3.8, 4) is 0 Å². The van der Waals surface area contributed by atoms with E-state index in [9.17, 15) is 14.4 Å². The van der Waals surface area contributed by atoms with Gasteiger partial charge in [0.15, 0.2) is 6.10 Å². The Hall–Kier alpha value is -3.15. The van der Waals surface area contributed by atoms with Crippen LogP contribution in [-0.4, -0.2) is 37.2 Å². The predicted molar refractivity (Wildman–Crippen MR) is 251 cm³/mol. The van der Waals surface area contributed by atoms with E-state index in [0.29, 0.717) is 19.3 Å². The van der Waals surface area contributed by atoms with Crippen LogP contribution < -0.4 is 0 Å². The number of esters is 3. The van der Waals surface area contributed by atoms with Crippen LogP contribution in [0.2, 0.25) is 0 Å². The van der Waals surface area contributed by atoms with Gasteiger partial charge in [0.2, 0.25) is 0 Å². The zero-order valence-electron chi connectivity index (χ0n) is 38.5. The summed E-state index contributed by atoms with van der Waals surface area (Å²) >= 11 is 0. The molecule has 6 heteroatoms. The van der Waals surface area contributed by atoms with Gasteiger partial charge in [-0.3, -0.25) is 14.4 Å². The molecule has 0 saturated carbocycles. The first-order chi connectivity index (χ1) is 29.0. The molecule has 1 unspecified atom stereocenters. The van der Waals surface area contributed by atoms with E-state index in [4.69, 9.17) is 14.2 Å². The Labute approximate surface area is 363 Å². The summed E-state index contributed by atoms with van der Waals surface area (Å²) in [5.41, 5.74) is 0. The first kappa shape index (κ1) is 55.9. The summed E-state index contributed by atoms with van der Waals surface area (Å²) in [6.07, 6.45) is 59.0. The Morgan fingerprint density at radius 2 is 0.661 bits per heavy atom. The molecule has 0 radical (unpaired) electrons. The fourth-order valence-corrected chi connectivity index (χ4v) is 6.52. The van der Waals surface area contributed by atoms with E-state index in [1.54, 1.807) is 0 Å². The lowest BCUT2D eigenvalue weighted by atomic mass is 10.1. The number of hydrogen-bond donors (Lipinski definition) is 0. The minimum atomic E-state index is -0.783. The van der Waals surface area contributed by atoms with Crippen LogP contribution in [-0.2, 0) is 28.6 Å². The standard InChI is InChI=1S/C53H90O6/c1-4-7-10-13-16-18-20-22-24-25-26-27-28-29-30-32-33-35-37-40-43-46-52(55)58-49-50(48-57-51(54)45-42-39-15-12-9-6-3)59-53(56)47-44-41-38-36-34-31-23-21-19-17-14-11-8-5-2/h7,10,16,18,21-24,26-27,29-30,50H,4-6,8-9,11-15,17,19-20,25,28,31-49H2,1-3H3/b10-7-,18-16-,23-21-,24-22-,27-26-,30-29-. The van der Waals surface area contributed by atoms with E-state index < -0.39 is 6.10 Å². The number of carbonyl (C=O) groups is 3. The van der Waals surface area contributed by atoms with Crippen molar-refractivity contribution >= 4 is 17.9 Å². The highest BCUT2D eigenvalue weighted by Crippen LogP contribution is 2.13. The third-order valence-electron chi connectivity index (χ3n) is 10.2. The zero-order valence-corrected chi connectivity index (χ0v) is 38.5. The topological polar surface area (TPSA) is 78.9 Å². The van der Waals surface area contributed by atoms with Crippen LogP contribution in [0.25, 0.3) is 0 Å². The highest BCUT2D eigenvalue weighted by atomic mass is 16.6. The molecule has 0 rings (SSSR count). The van der Waals surface area contributed by atoms with E-state index in [0.717, 1.165) is 122 Å². The largest absolute Gasteiger partial charge is 0.462 e. The quantitative estimate of drug-likeness (QED) is 0.0264. The molecule has 0 fully saturated rings. The molecule has 0 saturated heterocycles. The molecule has 0 N–H and O–H groups in total. The zero-order chi connectivity index (χ0) is 43.0. The molecule has 338 valence electrons. The SMILES string of the molecule is CC/C=C\C/C=C\C/C=C\C/C=C\C/C=C\CCCCCCCC(=O)OCC(COC(=O)CCCCCCCC)OC(=O)CCCCCCC/C=C\CCCCCCC. The van der Waals surface area contributed by atoms with Gasteiger partial charge >= 0.3 is 17.9 Å². The monoisotopic (exact) mass is 823 g/mol. The number of ether oxygens (including phenoxy) is 3. The van der Waals surface area contributed by atoms with Crippen molar-refractivity contribution in [1.29, 1.82) is 0 Å². The van der Waals surface area contributed by atoms with Gasteiger partial charge in [0.05, 0.1) is 0 Å². The van der Waals surface area contributed by atoms with Gasteiger partial charge in [0.1, 0.15) is 13.2 Å². The Kier molecular flexibility index (Phi) is 45.0. The number of carbonyl (C=O) groups excluding carboxylic acids is 3. The molecule has 0 aliphatic rings. The molecule has 0 aromatic heterocycles. The van der Waals surface area contributed by atoms with E-state index >= 15 is 0 Å². The van der Waals surface area contributed by atoms with E-state index in [1.165, 1.54) is 64.2 Å². The molecular formula is C53H90O6. The molecule has 1 atom stereocenters. The van der Waals surface area contributed by atoms with Gasteiger partial charge in [-0.15, -0.1) is 0 Å². The molecule has 0 heterocycles. The first-order valence-corrected chi connectivity index (χ1v) is 24.4. The summed E-state index contributed by atoms with van der Waals surface area (Å²) in [6, 6.07) is 0. The van der Waals surface area contributed by atoms with Gasteiger partial charge in [0.25, 0.3) is 0 Å². The highest BCUT2D eigenvalue weighted by Gasteiger charge is 2.19. The van der Waals surface area contributed by atoms with Crippen molar-refractivity contribution in [1.82, 2.24) is 0 Å². The summed E-state index contributed by atoms with van der Waals surface area (Å²) in [7, 11) is 0. The van der Waals surface area contributed by atoms with Gasteiger partial charge in [-0.05, 0) is 89.9 Å². The Balaban J connectivity index is 4.28. The molecule has 59 heavy (non-hydrogen) atoms. The average molecular weight is 823 g/mol. The molecule has 0 aromatic rings. The first-order valence-electron chi connectivity index (χ1n) is 24.4. The lowest BCUT2D eigenvalue weighted by molar-refractivity contribution is -0.167. The van der Waals surface area contributed by atoms with E-state index in [2.05, 4.69) is 93.7 Å². The van der Waals surface area contributed by atoms with Gasteiger partial charge in [-0.1, -0.05) is 190 Å². The van der Waals surface area contributed by atoms with Gasteiger partial charge in [0, 0.05) is 19.3 Å². The summed E-state index contributed by atoms with van der Waals surface area (Å²) in [6.45, 7) is 6.42. The van der Waals surface area contributed by atoms with Crippen LogP contribution in [0.3, 0.4) is 0 Å². The van der Waals surface area contributed by atoms with Crippen molar-refractivity contribution < 1.29 is 28.6 Å². The van der Waals surface area contributed by atoms with Crippen molar-refractivity contribution in [2.24, 2.45) is 0 Å².